The quantitative estimate of drug-likeness (QED) is 0.694. The second-order valence-corrected chi connectivity index (χ2v) is 8.87. The molecule has 0 radical (unpaired) electrons. The molecule has 0 spiro atoms. The van der Waals surface area contributed by atoms with E-state index in [0.717, 1.165) is 37.8 Å². The van der Waals surface area contributed by atoms with Crippen LogP contribution in [0.25, 0.3) is 10.9 Å². The van der Waals surface area contributed by atoms with Gasteiger partial charge in [-0.1, -0.05) is 6.07 Å². The van der Waals surface area contributed by atoms with Gasteiger partial charge < -0.3 is 20.3 Å². The van der Waals surface area contributed by atoms with E-state index in [2.05, 4.69) is 15.2 Å². The van der Waals surface area contributed by atoms with Gasteiger partial charge in [-0.05, 0) is 50.3 Å². The van der Waals surface area contributed by atoms with Crippen molar-refractivity contribution in [2.75, 3.05) is 26.2 Å². The minimum Gasteiger partial charge on any atom is -0.394 e. The number of amides is 2. The second kappa shape index (κ2) is 8.96. The minimum atomic E-state index is -0.336. The van der Waals surface area contributed by atoms with Gasteiger partial charge >= 0.3 is 0 Å². The van der Waals surface area contributed by atoms with E-state index in [1.165, 1.54) is 6.07 Å². The highest BCUT2D eigenvalue weighted by Crippen LogP contribution is 2.27. The van der Waals surface area contributed by atoms with E-state index in [-0.39, 0.29) is 36.3 Å². The molecule has 3 N–H and O–H groups in total. The summed E-state index contributed by atoms with van der Waals surface area (Å²) in [5.41, 5.74) is 1.93. The van der Waals surface area contributed by atoms with Crippen molar-refractivity contribution in [1.29, 1.82) is 0 Å². The molecule has 168 valence electrons. The number of hydrogen-bond donors (Lipinski definition) is 3. The number of aromatic nitrogens is 1. The summed E-state index contributed by atoms with van der Waals surface area (Å²) in [6, 6.07) is 4.88. The normalized spacial score (nSPS) is 25.0. The van der Waals surface area contributed by atoms with E-state index < -0.39 is 0 Å². The van der Waals surface area contributed by atoms with Crippen LogP contribution in [0.1, 0.15) is 48.7 Å². The number of carbonyl (C=O) groups excluding carboxylic acids is 2. The summed E-state index contributed by atoms with van der Waals surface area (Å²) >= 11 is 0. The number of nitrogens with zero attached hydrogens (tertiary/aromatic N) is 2. The van der Waals surface area contributed by atoms with Gasteiger partial charge in [0.1, 0.15) is 11.5 Å². The monoisotopic (exact) mass is 430 g/mol. The number of carbonyl (C=O) groups is 2. The van der Waals surface area contributed by atoms with Crippen molar-refractivity contribution in [3.63, 3.8) is 0 Å². The maximum Gasteiger partial charge on any atom is 0.267 e. The summed E-state index contributed by atoms with van der Waals surface area (Å²) in [5.74, 6) is -0.551. The van der Waals surface area contributed by atoms with Crippen LogP contribution in [0.15, 0.2) is 18.2 Å². The number of benzene rings is 1. The molecule has 0 unspecified atom stereocenters. The molecular formula is C23H31FN4O3. The van der Waals surface area contributed by atoms with Gasteiger partial charge in [-0.15, -0.1) is 0 Å². The van der Waals surface area contributed by atoms with Crippen LogP contribution in [0, 0.1) is 12.7 Å². The number of aliphatic hydroxyl groups is 1. The molecular weight excluding hydrogens is 399 g/mol. The Balaban J connectivity index is 1.40. The first kappa shape index (κ1) is 21.8. The fourth-order valence-corrected chi connectivity index (χ4v) is 5.12. The summed E-state index contributed by atoms with van der Waals surface area (Å²) in [5, 5.41) is 13.3. The van der Waals surface area contributed by atoms with Crippen molar-refractivity contribution >= 4 is 22.7 Å². The lowest BCUT2D eigenvalue weighted by Crippen LogP contribution is -2.59. The molecule has 1 saturated carbocycles. The van der Waals surface area contributed by atoms with Crippen LogP contribution >= 0.6 is 0 Å². The van der Waals surface area contributed by atoms with Crippen LogP contribution in [-0.4, -0.2) is 76.1 Å². The van der Waals surface area contributed by atoms with Crippen LogP contribution in [0.2, 0.25) is 0 Å². The first-order valence-corrected chi connectivity index (χ1v) is 11.1. The molecule has 1 aromatic carbocycles. The summed E-state index contributed by atoms with van der Waals surface area (Å²) in [6.07, 6.45) is 3.79. The molecule has 1 aliphatic carbocycles. The molecule has 4 rings (SSSR count). The standard InChI is InChI=1S/C23H31FN4O3/c1-14-6-7-20(24)19-11-21(26-22(14)19)23(31)25-16-4-3-5-17(10-16)27-8-9-28(15(2)30)18(12-27)13-29/h6-7,11,16-18,26,29H,3-5,8-10,12-13H2,1-2H3,(H,25,31)/t16-,17+,18+/m1/s1. The summed E-state index contributed by atoms with van der Waals surface area (Å²) in [7, 11) is 0. The van der Waals surface area contributed by atoms with Gasteiger partial charge in [0.05, 0.1) is 18.2 Å². The average Bonchev–Trinajstić information content (AvgIpc) is 3.23. The summed E-state index contributed by atoms with van der Waals surface area (Å²) in [6.45, 7) is 5.44. The van der Waals surface area contributed by atoms with Crippen LogP contribution in [0.3, 0.4) is 0 Å². The van der Waals surface area contributed by atoms with E-state index in [4.69, 9.17) is 0 Å². The van der Waals surface area contributed by atoms with Gasteiger partial charge in [0.25, 0.3) is 5.91 Å². The topological polar surface area (TPSA) is 88.7 Å². The number of fused-ring (bicyclic) bond motifs is 1. The number of rotatable bonds is 4. The molecule has 2 amide bonds. The molecule has 2 aliphatic rings. The van der Waals surface area contributed by atoms with Crippen molar-refractivity contribution in [3.8, 4) is 0 Å². The van der Waals surface area contributed by atoms with Gasteiger partial charge in [-0.25, -0.2) is 4.39 Å². The Kier molecular flexibility index (Phi) is 6.29. The Morgan fingerprint density at radius 2 is 2.10 bits per heavy atom. The number of aryl methyl sites for hydroxylation is 1. The largest absolute Gasteiger partial charge is 0.394 e. The molecule has 31 heavy (non-hydrogen) atoms. The fraction of sp³-hybridized carbons (Fsp3) is 0.565. The van der Waals surface area contributed by atoms with Crippen LogP contribution in [0.5, 0.6) is 0 Å². The molecule has 8 heteroatoms. The summed E-state index contributed by atoms with van der Waals surface area (Å²) in [4.78, 5) is 31.8. The zero-order valence-electron chi connectivity index (χ0n) is 18.2. The third-order valence-electron chi connectivity index (χ3n) is 6.82. The highest BCUT2D eigenvalue weighted by Gasteiger charge is 2.34. The van der Waals surface area contributed by atoms with Gasteiger partial charge in [-0.3, -0.25) is 14.5 Å². The number of aliphatic hydroxyl groups excluding tert-OH is 1. The number of piperazine rings is 1. The van der Waals surface area contributed by atoms with Crippen LogP contribution in [0.4, 0.5) is 4.39 Å². The third kappa shape index (κ3) is 4.45. The van der Waals surface area contributed by atoms with Crippen LogP contribution < -0.4 is 5.32 Å². The fourth-order valence-electron chi connectivity index (χ4n) is 5.12. The van der Waals surface area contributed by atoms with Crippen molar-refractivity contribution in [2.24, 2.45) is 0 Å². The minimum absolute atomic E-state index is 0.00232. The lowest BCUT2D eigenvalue weighted by Gasteiger charge is -2.45. The number of halogens is 1. The van der Waals surface area contributed by atoms with Crippen molar-refractivity contribution in [3.05, 3.63) is 35.3 Å². The van der Waals surface area contributed by atoms with Crippen molar-refractivity contribution in [1.82, 2.24) is 20.1 Å². The van der Waals surface area contributed by atoms with E-state index in [1.807, 2.05) is 6.92 Å². The lowest BCUT2D eigenvalue weighted by molar-refractivity contribution is -0.135. The van der Waals surface area contributed by atoms with Gasteiger partial charge in [0.15, 0.2) is 0 Å². The Hall–Kier alpha value is -2.45. The van der Waals surface area contributed by atoms with E-state index in [0.29, 0.717) is 35.7 Å². The highest BCUT2D eigenvalue weighted by molar-refractivity contribution is 5.99. The second-order valence-electron chi connectivity index (χ2n) is 8.87. The maximum absolute atomic E-state index is 14.1. The Labute approximate surface area is 181 Å². The van der Waals surface area contributed by atoms with Crippen molar-refractivity contribution < 1.29 is 19.1 Å². The lowest BCUT2D eigenvalue weighted by atomic mass is 9.89. The highest BCUT2D eigenvalue weighted by atomic mass is 19.1. The van der Waals surface area contributed by atoms with E-state index >= 15 is 0 Å². The zero-order valence-corrected chi connectivity index (χ0v) is 18.2. The molecule has 2 aromatic rings. The predicted octanol–water partition coefficient (Wildman–Crippen LogP) is 2.18. The number of aromatic amines is 1. The number of hydrogen-bond acceptors (Lipinski definition) is 4. The Morgan fingerprint density at radius 1 is 1.29 bits per heavy atom. The molecule has 1 aliphatic heterocycles. The molecule has 1 aromatic heterocycles. The predicted molar refractivity (Wildman–Crippen MR) is 116 cm³/mol. The Bertz CT molecular complexity index is 936. The number of H-pyrrole nitrogens is 1. The molecule has 7 nitrogen and oxygen atoms in total. The first-order valence-electron chi connectivity index (χ1n) is 11.1. The maximum atomic E-state index is 14.1. The third-order valence-corrected chi connectivity index (χ3v) is 6.82. The summed E-state index contributed by atoms with van der Waals surface area (Å²) < 4.78 is 14.1. The smallest absolute Gasteiger partial charge is 0.267 e. The molecule has 3 atom stereocenters. The van der Waals surface area contributed by atoms with Gasteiger partial charge in [0, 0.05) is 44.0 Å². The molecule has 2 heterocycles. The SMILES string of the molecule is CC(=O)N1CCN([C@H]2CCC[C@@H](NC(=O)c3cc4c(F)ccc(C)c4[nH]3)C2)C[C@H]1CO. The van der Waals surface area contributed by atoms with Gasteiger partial charge in [-0.2, -0.15) is 0 Å². The number of nitrogens with one attached hydrogen (secondary N) is 2. The Morgan fingerprint density at radius 3 is 2.81 bits per heavy atom. The zero-order chi connectivity index (χ0) is 22.1. The van der Waals surface area contributed by atoms with Gasteiger partial charge in [0.2, 0.25) is 5.91 Å². The van der Waals surface area contributed by atoms with Crippen LogP contribution in [-0.2, 0) is 4.79 Å². The van der Waals surface area contributed by atoms with E-state index in [1.54, 1.807) is 24.0 Å². The average molecular weight is 431 g/mol. The molecule has 0 bridgehead atoms. The first-order chi connectivity index (χ1) is 14.9. The van der Waals surface area contributed by atoms with E-state index in [9.17, 15) is 19.1 Å². The van der Waals surface area contributed by atoms with Crippen molar-refractivity contribution in [2.45, 2.75) is 57.7 Å². The molecule has 2 fully saturated rings. The molecule has 1 saturated heterocycles.